The van der Waals surface area contributed by atoms with Crippen molar-refractivity contribution < 1.29 is 4.79 Å². The molecule has 1 fully saturated rings. The first-order valence-electron chi connectivity index (χ1n) is 7.47. The number of aryl methyl sites for hydroxylation is 1. The number of H-pyrrole nitrogens is 1. The highest BCUT2D eigenvalue weighted by molar-refractivity contribution is 8.00. The van der Waals surface area contributed by atoms with Gasteiger partial charge in [0.2, 0.25) is 5.16 Å². The number of carbonyl (C=O) groups is 1. The number of Topliss-reactive ketones (excluding diaryl/α,β-unsaturated/α-hetero) is 1. The van der Waals surface area contributed by atoms with Crippen molar-refractivity contribution in [3.63, 3.8) is 0 Å². The van der Waals surface area contributed by atoms with Crippen LogP contribution in [-0.2, 0) is 11.2 Å². The molecule has 1 unspecified atom stereocenters. The Morgan fingerprint density at radius 1 is 1.29 bits per heavy atom. The average Bonchev–Trinajstić information content (AvgIpc) is 2.98. The molecule has 0 radical (unpaired) electrons. The molecular weight excluding hydrogens is 282 g/mol. The summed E-state index contributed by atoms with van der Waals surface area (Å²) in [5, 5.41) is 7.91. The molecule has 1 aliphatic carbocycles. The second kappa shape index (κ2) is 6.43. The van der Waals surface area contributed by atoms with Gasteiger partial charge in [0.1, 0.15) is 5.78 Å². The molecule has 3 rings (SSSR count). The fourth-order valence-corrected chi connectivity index (χ4v) is 3.56. The third-order valence-corrected chi connectivity index (χ3v) is 5.02. The molecule has 1 aromatic carbocycles. The summed E-state index contributed by atoms with van der Waals surface area (Å²) in [7, 11) is 0. The van der Waals surface area contributed by atoms with E-state index >= 15 is 0 Å². The molecule has 21 heavy (non-hydrogen) atoms. The lowest BCUT2D eigenvalue weighted by molar-refractivity contribution is -0.119. The zero-order valence-corrected chi connectivity index (χ0v) is 12.9. The van der Waals surface area contributed by atoms with Crippen LogP contribution in [0, 0.1) is 0 Å². The van der Waals surface area contributed by atoms with E-state index in [0.717, 1.165) is 37.1 Å². The Balaban J connectivity index is 1.71. The van der Waals surface area contributed by atoms with E-state index in [9.17, 15) is 4.79 Å². The predicted octanol–water partition coefficient (Wildman–Crippen LogP) is 3.64. The van der Waals surface area contributed by atoms with E-state index in [-0.39, 0.29) is 5.25 Å². The van der Waals surface area contributed by atoms with Crippen molar-refractivity contribution in [2.24, 2.45) is 0 Å². The van der Waals surface area contributed by atoms with E-state index in [1.807, 2.05) is 0 Å². The lowest BCUT2D eigenvalue weighted by Gasteiger charge is -2.17. The van der Waals surface area contributed by atoms with Gasteiger partial charge in [0.15, 0.2) is 5.82 Å². The van der Waals surface area contributed by atoms with E-state index in [4.69, 9.17) is 0 Å². The van der Waals surface area contributed by atoms with Crippen molar-refractivity contribution >= 4 is 17.5 Å². The molecule has 5 heteroatoms. The minimum Gasteiger partial charge on any atom is -0.298 e. The molecule has 1 aromatic heterocycles. The van der Waals surface area contributed by atoms with Crippen molar-refractivity contribution in [3.8, 4) is 11.4 Å². The maximum atomic E-state index is 11.9. The fraction of sp³-hybridized carbons (Fsp3) is 0.438. The molecule has 2 aromatic rings. The second-order valence-corrected chi connectivity index (χ2v) is 6.51. The molecule has 1 heterocycles. The third kappa shape index (κ3) is 3.35. The lowest BCUT2D eigenvalue weighted by atomic mass is 9.99. The van der Waals surface area contributed by atoms with E-state index in [1.54, 1.807) is 0 Å². The number of nitrogens with zero attached hydrogens (tertiary/aromatic N) is 2. The molecule has 1 aliphatic rings. The Hall–Kier alpha value is -1.62. The van der Waals surface area contributed by atoms with Crippen molar-refractivity contribution in [2.45, 2.75) is 49.4 Å². The van der Waals surface area contributed by atoms with Crippen LogP contribution in [0.5, 0.6) is 0 Å². The summed E-state index contributed by atoms with van der Waals surface area (Å²) in [6, 6.07) is 8.32. The minimum atomic E-state index is 0.0323. The van der Waals surface area contributed by atoms with Crippen LogP contribution in [0.15, 0.2) is 29.4 Å². The van der Waals surface area contributed by atoms with Gasteiger partial charge in [-0.1, -0.05) is 49.4 Å². The van der Waals surface area contributed by atoms with Crippen LogP contribution in [0.3, 0.4) is 0 Å². The number of benzene rings is 1. The van der Waals surface area contributed by atoms with E-state index in [1.165, 1.54) is 17.3 Å². The first-order chi connectivity index (χ1) is 10.3. The van der Waals surface area contributed by atoms with Crippen molar-refractivity contribution in [1.29, 1.82) is 0 Å². The smallest absolute Gasteiger partial charge is 0.209 e. The van der Waals surface area contributed by atoms with Gasteiger partial charge in [0.05, 0.1) is 5.25 Å². The number of aromatic amines is 1. The van der Waals surface area contributed by atoms with E-state index in [2.05, 4.69) is 46.4 Å². The predicted molar refractivity (Wildman–Crippen MR) is 84.3 cm³/mol. The largest absolute Gasteiger partial charge is 0.298 e. The summed E-state index contributed by atoms with van der Waals surface area (Å²) < 4.78 is 0. The van der Waals surface area contributed by atoms with Crippen LogP contribution in [0.4, 0.5) is 0 Å². The van der Waals surface area contributed by atoms with Gasteiger partial charge in [0, 0.05) is 12.0 Å². The molecule has 110 valence electrons. The number of hydrogen-bond donors (Lipinski definition) is 1. The zero-order valence-electron chi connectivity index (χ0n) is 12.1. The highest BCUT2D eigenvalue weighted by atomic mass is 32.2. The monoisotopic (exact) mass is 301 g/mol. The van der Waals surface area contributed by atoms with Gasteiger partial charge in [-0.3, -0.25) is 9.89 Å². The number of aromatic nitrogens is 3. The molecular formula is C16H19N3OS. The van der Waals surface area contributed by atoms with Crippen LogP contribution in [0.2, 0.25) is 0 Å². The molecule has 1 atom stereocenters. The number of hydrogen-bond acceptors (Lipinski definition) is 4. The topological polar surface area (TPSA) is 58.6 Å². The highest BCUT2D eigenvalue weighted by Crippen LogP contribution is 2.30. The van der Waals surface area contributed by atoms with Crippen molar-refractivity contribution in [3.05, 3.63) is 29.8 Å². The van der Waals surface area contributed by atoms with Gasteiger partial charge in [0.25, 0.3) is 0 Å². The van der Waals surface area contributed by atoms with Crippen LogP contribution >= 0.6 is 11.8 Å². The zero-order chi connectivity index (χ0) is 14.7. The van der Waals surface area contributed by atoms with E-state index < -0.39 is 0 Å². The van der Waals surface area contributed by atoms with Crippen molar-refractivity contribution in [1.82, 2.24) is 15.2 Å². The number of carbonyl (C=O) groups excluding carboxylic acids is 1. The normalized spacial score (nSPS) is 18.9. The lowest BCUT2D eigenvalue weighted by Crippen LogP contribution is -2.21. The summed E-state index contributed by atoms with van der Waals surface area (Å²) in [5.74, 6) is 1.10. The molecule has 0 aliphatic heterocycles. The standard InChI is InChI=1S/C16H19N3OS/c1-2-11-7-9-12(10-8-11)15-17-16(19-18-15)21-14-6-4-3-5-13(14)20/h7-10,14H,2-6H2,1H3,(H,17,18,19). The molecule has 4 nitrogen and oxygen atoms in total. The summed E-state index contributed by atoms with van der Waals surface area (Å²) in [6.07, 6.45) is 4.83. The Morgan fingerprint density at radius 3 is 2.81 bits per heavy atom. The highest BCUT2D eigenvalue weighted by Gasteiger charge is 2.24. The van der Waals surface area contributed by atoms with Gasteiger partial charge in [-0.05, 0) is 24.8 Å². The fourth-order valence-electron chi connectivity index (χ4n) is 2.53. The van der Waals surface area contributed by atoms with E-state index in [0.29, 0.717) is 17.4 Å². The van der Waals surface area contributed by atoms with Crippen LogP contribution in [0.1, 0.15) is 38.2 Å². The number of ketones is 1. The Kier molecular flexibility index (Phi) is 4.39. The maximum absolute atomic E-state index is 11.9. The molecule has 1 N–H and O–H groups in total. The van der Waals surface area contributed by atoms with Gasteiger partial charge in [-0.15, -0.1) is 5.10 Å². The number of thioether (sulfide) groups is 1. The van der Waals surface area contributed by atoms with Crippen LogP contribution < -0.4 is 0 Å². The van der Waals surface area contributed by atoms with Gasteiger partial charge < -0.3 is 0 Å². The first-order valence-corrected chi connectivity index (χ1v) is 8.35. The summed E-state index contributed by atoms with van der Waals surface area (Å²) in [5.41, 5.74) is 2.34. The maximum Gasteiger partial charge on any atom is 0.209 e. The second-order valence-electron chi connectivity index (χ2n) is 5.34. The van der Waals surface area contributed by atoms with Gasteiger partial charge >= 0.3 is 0 Å². The summed E-state index contributed by atoms with van der Waals surface area (Å²) in [6.45, 7) is 2.14. The molecule has 0 saturated heterocycles. The van der Waals surface area contributed by atoms with Gasteiger partial charge in [-0.2, -0.15) is 0 Å². The van der Waals surface area contributed by atoms with Crippen molar-refractivity contribution in [2.75, 3.05) is 0 Å². The Morgan fingerprint density at radius 2 is 2.10 bits per heavy atom. The Bertz CT molecular complexity index is 621. The minimum absolute atomic E-state index is 0.0323. The average molecular weight is 301 g/mol. The van der Waals surface area contributed by atoms with Crippen LogP contribution in [0.25, 0.3) is 11.4 Å². The summed E-state index contributed by atoms with van der Waals surface area (Å²) in [4.78, 5) is 16.4. The Labute approximate surface area is 128 Å². The number of nitrogens with one attached hydrogen (secondary N) is 1. The molecule has 1 saturated carbocycles. The number of rotatable bonds is 4. The molecule has 0 bridgehead atoms. The SMILES string of the molecule is CCc1ccc(-c2nc(SC3CCCCC3=O)n[nH]2)cc1. The molecule has 0 amide bonds. The quantitative estimate of drug-likeness (QED) is 0.936. The molecule has 0 spiro atoms. The summed E-state index contributed by atoms with van der Waals surface area (Å²) >= 11 is 1.49. The third-order valence-electron chi connectivity index (χ3n) is 3.85. The van der Waals surface area contributed by atoms with Crippen LogP contribution in [-0.4, -0.2) is 26.2 Å². The first kappa shape index (κ1) is 14.3. The van der Waals surface area contributed by atoms with Gasteiger partial charge in [-0.25, -0.2) is 4.98 Å².